The maximum Gasteiger partial charge on any atom is 0.175 e. The average Bonchev–Trinajstić information content (AvgIpc) is 2.26. The minimum absolute atomic E-state index is 0.394. The van der Waals surface area contributed by atoms with E-state index in [1.165, 1.54) is 0 Å². The summed E-state index contributed by atoms with van der Waals surface area (Å²) in [5, 5.41) is 22.1. The van der Waals surface area contributed by atoms with Gasteiger partial charge in [-0.05, 0) is 36.4 Å². The molecule has 0 amide bonds. The zero-order chi connectivity index (χ0) is 10.1. The molecule has 1 aromatic rings. The summed E-state index contributed by atoms with van der Waals surface area (Å²) in [6.45, 7) is 3.80. The number of halogens is 1. The first-order valence-electron chi connectivity index (χ1n) is 3.78. The van der Waals surface area contributed by atoms with Gasteiger partial charge in [-0.2, -0.15) is 10.4 Å². The lowest BCUT2D eigenvalue weighted by Crippen LogP contribution is -2.26. The molecule has 1 N–H and O–H groups in total. The third-order valence-electron chi connectivity index (χ3n) is 1.37. The molecule has 0 spiro atoms. The van der Waals surface area contributed by atoms with Crippen molar-refractivity contribution >= 4 is 22.6 Å². The third-order valence-corrected chi connectivity index (χ3v) is 2.16. The van der Waals surface area contributed by atoms with Gasteiger partial charge in [0, 0.05) is 6.20 Å². The van der Waals surface area contributed by atoms with Crippen molar-refractivity contribution in [2.75, 3.05) is 0 Å². The second-order valence-electron chi connectivity index (χ2n) is 3.45. The van der Waals surface area contributed by atoms with Crippen LogP contribution in [0.25, 0.3) is 0 Å². The second-order valence-corrected chi connectivity index (χ2v) is 4.61. The molecule has 0 aliphatic carbocycles. The topological polar surface area (TPSA) is 61.8 Å². The van der Waals surface area contributed by atoms with Crippen molar-refractivity contribution in [3.63, 3.8) is 0 Å². The van der Waals surface area contributed by atoms with Gasteiger partial charge in [-0.3, -0.25) is 4.68 Å². The molecule has 13 heavy (non-hydrogen) atoms. The number of aromatic nitrogens is 2. The Kier molecular flexibility index (Phi) is 2.93. The Hall–Kier alpha value is -0.610. The highest BCUT2D eigenvalue weighted by Crippen LogP contribution is 2.11. The smallest absolute Gasteiger partial charge is 0.175 e. The van der Waals surface area contributed by atoms with E-state index < -0.39 is 5.60 Å². The molecule has 0 saturated carbocycles. The fraction of sp³-hybridized carbons (Fsp3) is 0.500. The van der Waals surface area contributed by atoms with E-state index in [0.717, 1.165) is 3.57 Å². The Morgan fingerprint density at radius 3 is 2.77 bits per heavy atom. The van der Waals surface area contributed by atoms with Crippen LogP contribution < -0.4 is 0 Å². The maximum absolute atomic E-state index is 9.50. The lowest BCUT2D eigenvalue weighted by Gasteiger charge is -2.16. The molecule has 0 radical (unpaired) electrons. The predicted molar refractivity (Wildman–Crippen MR) is 56.0 cm³/mol. The zero-order valence-corrected chi connectivity index (χ0v) is 9.61. The van der Waals surface area contributed by atoms with Crippen LogP contribution in [0.1, 0.15) is 19.5 Å². The molecule has 1 heterocycles. The Morgan fingerprint density at radius 1 is 1.77 bits per heavy atom. The lowest BCUT2D eigenvalue weighted by atomic mass is 10.1. The van der Waals surface area contributed by atoms with E-state index in [9.17, 15) is 5.11 Å². The van der Waals surface area contributed by atoms with Gasteiger partial charge >= 0.3 is 0 Å². The van der Waals surface area contributed by atoms with Crippen LogP contribution in [0.5, 0.6) is 0 Å². The van der Waals surface area contributed by atoms with Crippen molar-refractivity contribution in [3.8, 4) is 6.07 Å². The zero-order valence-electron chi connectivity index (χ0n) is 7.45. The van der Waals surface area contributed by atoms with Crippen molar-refractivity contribution in [2.45, 2.75) is 26.0 Å². The summed E-state index contributed by atoms with van der Waals surface area (Å²) in [4.78, 5) is 0. The van der Waals surface area contributed by atoms with Crippen LogP contribution in [0.2, 0.25) is 0 Å². The van der Waals surface area contributed by atoms with E-state index in [1.54, 1.807) is 24.7 Å². The van der Waals surface area contributed by atoms with Crippen LogP contribution in [0.15, 0.2) is 6.20 Å². The van der Waals surface area contributed by atoms with Crippen molar-refractivity contribution in [1.29, 1.82) is 5.26 Å². The highest BCUT2D eigenvalue weighted by Gasteiger charge is 2.15. The van der Waals surface area contributed by atoms with Crippen molar-refractivity contribution in [3.05, 3.63) is 15.5 Å². The first-order valence-corrected chi connectivity index (χ1v) is 4.86. The molecule has 0 atom stereocenters. The maximum atomic E-state index is 9.50. The van der Waals surface area contributed by atoms with Gasteiger partial charge in [-0.1, -0.05) is 0 Å². The van der Waals surface area contributed by atoms with Crippen molar-refractivity contribution in [1.82, 2.24) is 9.78 Å². The molecule has 0 bridgehead atoms. The Balaban J connectivity index is 2.87. The molecule has 4 nitrogen and oxygen atoms in total. The van der Waals surface area contributed by atoms with Crippen molar-refractivity contribution in [2.24, 2.45) is 0 Å². The molecular formula is C8H10IN3O. The van der Waals surface area contributed by atoms with E-state index >= 15 is 0 Å². The molecule has 5 heteroatoms. The normalized spacial score (nSPS) is 11.3. The van der Waals surface area contributed by atoms with E-state index in [-0.39, 0.29) is 0 Å². The molecule has 0 fully saturated rings. The van der Waals surface area contributed by atoms with Crippen LogP contribution in [0.3, 0.4) is 0 Å². The van der Waals surface area contributed by atoms with E-state index in [1.807, 2.05) is 28.7 Å². The summed E-state index contributed by atoms with van der Waals surface area (Å²) in [7, 11) is 0. The number of rotatable bonds is 2. The standard InChI is InChI=1S/C8H10IN3O/c1-8(2,13)5-12-4-6(9)7(3-10)11-12/h4,13H,5H2,1-2H3. The SMILES string of the molecule is CC(C)(O)Cn1cc(I)c(C#N)n1. The number of aliphatic hydroxyl groups is 1. The van der Waals surface area contributed by atoms with Crippen molar-refractivity contribution < 1.29 is 5.11 Å². The molecule has 70 valence electrons. The Morgan fingerprint density at radius 2 is 2.38 bits per heavy atom. The molecule has 1 aromatic heterocycles. The van der Waals surface area contributed by atoms with Gasteiger partial charge in [0.2, 0.25) is 0 Å². The summed E-state index contributed by atoms with van der Waals surface area (Å²) in [5.41, 5.74) is -0.396. The summed E-state index contributed by atoms with van der Waals surface area (Å²) in [5.74, 6) is 0. The molecule has 0 aromatic carbocycles. The first kappa shape index (κ1) is 10.5. The van der Waals surface area contributed by atoms with E-state index in [4.69, 9.17) is 5.26 Å². The molecule has 0 unspecified atom stereocenters. The Labute approximate surface area is 90.3 Å². The van der Waals surface area contributed by atoms with Gasteiger partial charge in [0.25, 0.3) is 0 Å². The van der Waals surface area contributed by atoms with Crippen LogP contribution in [0, 0.1) is 14.9 Å². The van der Waals surface area contributed by atoms with Crippen LogP contribution >= 0.6 is 22.6 Å². The monoisotopic (exact) mass is 291 g/mol. The summed E-state index contributed by atoms with van der Waals surface area (Å²) in [6, 6.07) is 1.98. The minimum atomic E-state index is -0.804. The fourth-order valence-corrected chi connectivity index (χ4v) is 1.50. The van der Waals surface area contributed by atoms with Gasteiger partial charge in [0.15, 0.2) is 5.69 Å². The van der Waals surface area contributed by atoms with Gasteiger partial charge in [-0.25, -0.2) is 0 Å². The average molecular weight is 291 g/mol. The molecular weight excluding hydrogens is 281 g/mol. The first-order chi connectivity index (χ1) is 5.92. The number of nitrogens with zero attached hydrogens (tertiary/aromatic N) is 3. The summed E-state index contributed by atoms with van der Waals surface area (Å²) in [6.07, 6.45) is 1.75. The largest absolute Gasteiger partial charge is 0.389 e. The highest BCUT2D eigenvalue weighted by molar-refractivity contribution is 14.1. The van der Waals surface area contributed by atoms with Gasteiger partial charge in [0.1, 0.15) is 6.07 Å². The minimum Gasteiger partial charge on any atom is -0.389 e. The Bertz CT molecular complexity index is 345. The van der Waals surface area contributed by atoms with Gasteiger partial charge in [-0.15, -0.1) is 0 Å². The van der Waals surface area contributed by atoms with Gasteiger partial charge < -0.3 is 5.11 Å². The predicted octanol–water partition coefficient (Wildman–Crippen LogP) is 1.13. The third kappa shape index (κ3) is 2.97. The second kappa shape index (κ2) is 3.64. The molecule has 1 rings (SSSR count). The van der Waals surface area contributed by atoms with E-state index in [2.05, 4.69) is 5.10 Å². The molecule has 0 saturated heterocycles. The van der Waals surface area contributed by atoms with E-state index in [0.29, 0.717) is 12.2 Å². The van der Waals surface area contributed by atoms with Gasteiger partial charge in [0.05, 0.1) is 15.7 Å². The number of hydrogen-bond donors (Lipinski definition) is 1. The summed E-state index contributed by atoms with van der Waals surface area (Å²) >= 11 is 2.05. The van der Waals surface area contributed by atoms with Crippen LogP contribution in [-0.2, 0) is 6.54 Å². The number of nitriles is 1. The highest BCUT2D eigenvalue weighted by atomic mass is 127. The lowest BCUT2D eigenvalue weighted by molar-refractivity contribution is 0.0577. The summed E-state index contributed by atoms with van der Waals surface area (Å²) < 4.78 is 2.39. The fourth-order valence-electron chi connectivity index (χ4n) is 0.950. The van der Waals surface area contributed by atoms with Crippen LogP contribution in [0.4, 0.5) is 0 Å². The molecule has 0 aliphatic heterocycles. The van der Waals surface area contributed by atoms with Crippen LogP contribution in [-0.4, -0.2) is 20.5 Å². The molecule has 0 aliphatic rings. The number of hydrogen-bond acceptors (Lipinski definition) is 3. The quantitative estimate of drug-likeness (QED) is 0.831.